The summed E-state index contributed by atoms with van der Waals surface area (Å²) in [6, 6.07) is 24.8. The van der Waals surface area contributed by atoms with Gasteiger partial charge >= 0.3 is 6.09 Å². The summed E-state index contributed by atoms with van der Waals surface area (Å²) in [4.78, 5) is 12.0. The van der Waals surface area contributed by atoms with Gasteiger partial charge in [0.15, 0.2) is 0 Å². The normalized spacial score (nSPS) is 10.2. The van der Waals surface area contributed by atoms with Gasteiger partial charge in [0.1, 0.15) is 6.61 Å². The number of benzene rings is 3. The van der Waals surface area contributed by atoms with Crippen LogP contribution in [0, 0.1) is 0 Å². The first-order valence-corrected chi connectivity index (χ1v) is 7.64. The fourth-order valence-electron chi connectivity index (χ4n) is 2.40. The zero-order chi connectivity index (χ0) is 16.8. The van der Waals surface area contributed by atoms with Gasteiger partial charge in [0, 0.05) is 11.4 Å². The van der Waals surface area contributed by atoms with E-state index in [1.807, 2.05) is 72.8 Å². The van der Waals surface area contributed by atoms with Crippen LogP contribution in [0.5, 0.6) is 0 Å². The molecule has 0 bridgehead atoms. The molecule has 0 aliphatic carbocycles. The summed E-state index contributed by atoms with van der Waals surface area (Å²) in [5, 5.41) is 2.72. The molecule has 0 unspecified atom stereocenters. The SMILES string of the molecule is Nc1cc(NC(=O)OCc2ccccc2)cc(-c2ccccc2)c1. The van der Waals surface area contributed by atoms with E-state index in [1.54, 1.807) is 6.07 Å². The van der Waals surface area contributed by atoms with Gasteiger partial charge in [-0.15, -0.1) is 0 Å². The summed E-state index contributed by atoms with van der Waals surface area (Å²) in [7, 11) is 0. The minimum atomic E-state index is -0.511. The quantitative estimate of drug-likeness (QED) is 0.686. The Balaban J connectivity index is 1.68. The number of nitrogen functional groups attached to an aromatic ring is 1. The molecule has 0 aliphatic heterocycles. The molecule has 3 aromatic rings. The van der Waals surface area contributed by atoms with Crippen molar-refractivity contribution < 1.29 is 9.53 Å². The molecular weight excluding hydrogens is 300 g/mol. The Morgan fingerprint density at radius 1 is 0.875 bits per heavy atom. The molecule has 0 heterocycles. The topological polar surface area (TPSA) is 64.3 Å². The van der Waals surface area contributed by atoms with E-state index in [0.29, 0.717) is 11.4 Å². The van der Waals surface area contributed by atoms with Gasteiger partial charge in [0.2, 0.25) is 0 Å². The van der Waals surface area contributed by atoms with Crippen LogP contribution in [-0.4, -0.2) is 6.09 Å². The molecule has 0 aliphatic rings. The summed E-state index contributed by atoms with van der Waals surface area (Å²) in [6.45, 7) is 0.223. The molecule has 1 amide bonds. The monoisotopic (exact) mass is 318 g/mol. The Labute approximate surface area is 140 Å². The minimum Gasteiger partial charge on any atom is -0.444 e. The molecule has 0 radical (unpaired) electrons. The van der Waals surface area contributed by atoms with Gasteiger partial charge in [-0.05, 0) is 34.9 Å². The van der Waals surface area contributed by atoms with Crippen molar-refractivity contribution in [3.8, 4) is 11.1 Å². The smallest absolute Gasteiger partial charge is 0.411 e. The maximum Gasteiger partial charge on any atom is 0.411 e. The van der Waals surface area contributed by atoms with Crippen LogP contribution in [0.3, 0.4) is 0 Å². The second-order valence-corrected chi connectivity index (χ2v) is 5.40. The van der Waals surface area contributed by atoms with Gasteiger partial charge in [-0.2, -0.15) is 0 Å². The summed E-state index contributed by atoms with van der Waals surface area (Å²) >= 11 is 0. The third-order valence-corrected chi connectivity index (χ3v) is 3.52. The third kappa shape index (κ3) is 4.14. The maximum absolute atomic E-state index is 12.0. The predicted octanol–water partition coefficient (Wildman–Crippen LogP) is 4.68. The van der Waals surface area contributed by atoms with E-state index in [2.05, 4.69) is 5.32 Å². The van der Waals surface area contributed by atoms with Gasteiger partial charge < -0.3 is 10.5 Å². The summed E-state index contributed by atoms with van der Waals surface area (Å²) in [6.07, 6.45) is -0.511. The second kappa shape index (κ2) is 7.33. The van der Waals surface area contributed by atoms with Crippen LogP contribution >= 0.6 is 0 Å². The first kappa shape index (κ1) is 15.6. The number of amides is 1. The zero-order valence-corrected chi connectivity index (χ0v) is 13.1. The average molecular weight is 318 g/mol. The van der Waals surface area contributed by atoms with Crippen LogP contribution in [0.15, 0.2) is 78.9 Å². The lowest BCUT2D eigenvalue weighted by Crippen LogP contribution is -2.13. The number of hydrogen-bond donors (Lipinski definition) is 2. The highest BCUT2D eigenvalue weighted by molar-refractivity contribution is 5.87. The maximum atomic E-state index is 12.0. The van der Waals surface area contributed by atoms with E-state index >= 15 is 0 Å². The van der Waals surface area contributed by atoms with Crippen LogP contribution < -0.4 is 11.1 Å². The molecule has 24 heavy (non-hydrogen) atoms. The Kier molecular flexibility index (Phi) is 4.77. The summed E-state index contributed by atoms with van der Waals surface area (Å²) in [5.41, 5.74) is 10.0. The molecule has 4 nitrogen and oxygen atoms in total. The standard InChI is InChI=1S/C20H18N2O2/c21-18-11-17(16-9-5-2-6-10-16)12-19(13-18)22-20(23)24-14-15-7-3-1-4-8-15/h1-13H,14,21H2,(H,22,23). The van der Waals surface area contributed by atoms with Crippen molar-refractivity contribution in [3.63, 3.8) is 0 Å². The minimum absolute atomic E-state index is 0.223. The Morgan fingerprint density at radius 2 is 1.54 bits per heavy atom. The van der Waals surface area contributed by atoms with Crippen molar-refractivity contribution in [2.24, 2.45) is 0 Å². The first-order valence-electron chi connectivity index (χ1n) is 7.64. The number of rotatable bonds is 4. The van der Waals surface area contributed by atoms with Crippen molar-refractivity contribution in [2.45, 2.75) is 6.61 Å². The fourth-order valence-corrected chi connectivity index (χ4v) is 2.40. The molecule has 0 aromatic heterocycles. The second-order valence-electron chi connectivity index (χ2n) is 5.40. The largest absolute Gasteiger partial charge is 0.444 e. The molecule has 0 saturated heterocycles. The Bertz CT molecular complexity index is 818. The number of hydrogen-bond acceptors (Lipinski definition) is 3. The third-order valence-electron chi connectivity index (χ3n) is 3.52. The van der Waals surface area contributed by atoms with E-state index in [9.17, 15) is 4.79 Å². The van der Waals surface area contributed by atoms with Gasteiger partial charge in [-0.3, -0.25) is 5.32 Å². The van der Waals surface area contributed by atoms with Crippen LogP contribution in [0.25, 0.3) is 11.1 Å². The van der Waals surface area contributed by atoms with E-state index < -0.39 is 6.09 Å². The predicted molar refractivity (Wildman–Crippen MR) is 96.5 cm³/mol. The van der Waals surface area contributed by atoms with Crippen LogP contribution in [-0.2, 0) is 11.3 Å². The van der Waals surface area contributed by atoms with Crippen molar-refractivity contribution in [1.82, 2.24) is 0 Å². The van der Waals surface area contributed by atoms with Crippen LogP contribution in [0.2, 0.25) is 0 Å². The van der Waals surface area contributed by atoms with Gasteiger partial charge in [0.25, 0.3) is 0 Å². The van der Waals surface area contributed by atoms with E-state index in [-0.39, 0.29) is 6.61 Å². The highest BCUT2D eigenvalue weighted by Crippen LogP contribution is 2.26. The summed E-state index contributed by atoms with van der Waals surface area (Å²) in [5.74, 6) is 0. The molecule has 0 spiro atoms. The number of nitrogens with two attached hydrogens (primary N) is 1. The number of anilines is 2. The van der Waals surface area contributed by atoms with Crippen LogP contribution in [0.4, 0.5) is 16.2 Å². The Hall–Kier alpha value is -3.27. The Morgan fingerprint density at radius 3 is 2.25 bits per heavy atom. The van der Waals surface area contributed by atoms with Crippen LogP contribution in [0.1, 0.15) is 5.56 Å². The first-order chi connectivity index (χ1) is 11.7. The molecule has 120 valence electrons. The molecule has 3 rings (SSSR count). The molecule has 0 atom stereocenters. The zero-order valence-electron chi connectivity index (χ0n) is 13.1. The van der Waals surface area contributed by atoms with Gasteiger partial charge in [0.05, 0.1) is 0 Å². The fraction of sp³-hybridized carbons (Fsp3) is 0.0500. The lowest BCUT2D eigenvalue weighted by Gasteiger charge is -2.10. The highest BCUT2D eigenvalue weighted by atomic mass is 16.5. The van der Waals surface area contributed by atoms with Crippen molar-refractivity contribution in [1.29, 1.82) is 0 Å². The highest BCUT2D eigenvalue weighted by Gasteiger charge is 2.07. The number of ether oxygens (including phenoxy) is 1. The van der Waals surface area contributed by atoms with Crippen molar-refractivity contribution >= 4 is 17.5 Å². The molecule has 3 N–H and O–H groups in total. The van der Waals surface area contributed by atoms with Gasteiger partial charge in [-0.25, -0.2) is 4.79 Å². The van der Waals surface area contributed by atoms with E-state index in [1.165, 1.54) is 0 Å². The molecule has 0 saturated carbocycles. The van der Waals surface area contributed by atoms with E-state index in [4.69, 9.17) is 10.5 Å². The van der Waals surface area contributed by atoms with Crippen molar-refractivity contribution in [3.05, 3.63) is 84.4 Å². The average Bonchev–Trinajstić information content (AvgIpc) is 2.61. The lowest BCUT2D eigenvalue weighted by molar-refractivity contribution is 0.155. The molecular formula is C20H18N2O2. The number of carbonyl (C=O) groups excluding carboxylic acids is 1. The summed E-state index contributed by atoms with van der Waals surface area (Å²) < 4.78 is 5.23. The molecule has 4 heteroatoms. The number of carbonyl (C=O) groups is 1. The van der Waals surface area contributed by atoms with E-state index in [0.717, 1.165) is 16.7 Å². The lowest BCUT2D eigenvalue weighted by atomic mass is 10.0. The van der Waals surface area contributed by atoms with Crippen molar-refractivity contribution in [2.75, 3.05) is 11.1 Å². The molecule has 0 fully saturated rings. The van der Waals surface area contributed by atoms with Gasteiger partial charge in [-0.1, -0.05) is 60.7 Å². The number of nitrogens with one attached hydrogen (secondary N) is 1. The molecule has 3 aromatic carbocycles.